The van der Waals surface area contributed by atoms with Crippen molar-refractivity contribution in [3.8, 4) is 0 Å². The zero-order chi connectivity index (χ0) is 9.28. The lowest BCUT2D eigenvalue weighted by atomic mass is 10.2. The number of hydrogen-bond donors (Lipinski definition) is 1. The maximum absolute atomic E-state index is 5.57. The summed E-state index contributed by atoms with van der Waals surface area (Å²) >= 11 is 0. The molecule has 11 heavy (non-hydrogen) atoms. The molecule has 0 saturated carbocycles. The predicted octanol–water partition coefficient (Wildman–Crippen LogP) is 1.70. The van der Waals surface area contributed by atoms with Gasteiger partial charge in [0.15, 0.2) is 0 Å². The summed E-state index contributed by atoms with van der Waals surface area (Å²) < 4.78 is 0. The molecule has 0 aromatic rings. The van der Waals surface area contributed by atoms with Crippen molar-refractivity contribution in [1.82, 2.24) is 4.90 Å². The quantitative estimate of drug-likeness (QED) is 0.678. The van der Waals surface area contributed by atoms with Gasteiger partial charge in [0.2, 0.25) is 0 Å². The Kier molecular flexibility index (Phi) is 12.2. The highest BCUT2D eigenvalue weighted by Gasteiger charge is 1.96. The summed E-state index contributed by atoms with van der Waals surface area (Å²) in [6.45, 7) is 10.4. The fourth-order valence-corrected chi connectivity index (χ4v) is 0.582. The van der Waals surface area contributed by atoms with Gasteiger partial charge in [-0.25, -0.2) is 0 Å². The molecule has 0 amide bonds. The molecule has 0 heterocycles. The van der Waals surface area contributed by atoms with Crippen LogP contribution in [0.5, 0.6) is 0 Å². The van der Waals surface area contributed by atoms with E-state index in [-0.39, 0.29) is 0 Å². The molecule has 1 atom stereocenters. The normalized spacial score (nSPS) is 12.3. The van der Waals surface area contributed by atoms with Gasteiger partial charge in [-0.15, -0.1) is 0 Å². The minimum Gasteiger partial charge on any atom is -0.328 e. The predicted molar refractivity (Wildman–Crippen MR) is 52.8 cm³/mol. The Hall–Kier alpha value is -0.0800. The van der Waals surface area contributed by atoms with Crippen LogP contribution >= 0.6 is 0 Å². The Bertz CT molecular complexity index is 62.6. The van der Waals surface area contributed by atoms with Gasteiger partial charge < -0.3 is 10.6 Å². The van der Waals surface area contributed by atoms with E-state index in [1.807, 2.05) is 20.8 Å². The molecular formula is C9H24N2. The van der Waals surface area contributed by atoms with Crippen LogP contribution in [0.2, 0.25) is 0 Å². The molecule has 2 nitrogen and oxygen atoms in total. The molecule has 0 aromatic carbocycles. The zero-order valence-electron chi connectivity index (χ0n) is 8.72. The molecule has 2 heteroatoms. The highest BCUT2D eigenvalue weighted by atomic mass is 15.1. The van der Waals surface area contributed by atoms with E-state index < -0.39 is 0 Å². The van der Waals surface area contributed by atoms with Crippen LogP contribution in [0.15, 0.2) is 0 Å². The van der Waals surface area contributed by atoms with Crippen LogP contribution in [0.25, 0.3) is 0 Å². The average Bonchev–Trinajstić information content (AvgIpc) is 2.04. The second kappa shape index (κ2) is 9.92. The van der Waals surface area contributed by atoms with Crippen LogP contribution in [0.3, 0.4) is 0 Å². The first-order valence-corrected chi connectivity index (χ1v) is 4.61. The lowest BCUT2D eigenvalue weighted by molar-refractivity contribution is 0.337. The molecule has 70 valence electrons. The largest absolute Gasteiger partial charge is 0.328 e. The van der Waals surface area contributed by atoms with Crippen LogP contribution in [-0.2, 0) is 0 Å². The number of nitrogens with zero attached hydrogens (tertiary/aromatic N) is 1. The van der Waals surface area contributed by atoms with E-state index in [2.05, 4.69) is 18.9 Å². The van der Waals surface area contributed by atoms with Gasteiger partial charge in [0, 0.05) is 6.04 Å². The molecule has 0 saturated heterocycles. The molecule has 0 rings (SSSR count). The highest BCUT2D eigenvalue weighted by molar-refractivity contribution is 4.55. The van der Waals surface area contributed by atoms with E-state index in [0.29, 0.717) is 6.04 Å². The summed E-state index contributed by atoms with van der Waals surface area (Å²) in [5.41, 5.74) is 5.57. The topological polar surface area (TPSA) is 29.3 Å². The Labute approximate surface area is 71.8 Å². The number of rotatable bonds is 4. The lowest BCUT2D eigenvalue weighted by Crippen LogP contribution is -2.25. The summed E-state index contributed by atoms with van der Waals surface area (Å²) in [7, 11) is 2.11. The summed E-state index contributed by atoms with van der Waals surface area (Å²) in [6.07, 6.45) is 1.10. The molecule has 0 spiro atoms. The molecule has 0 radical (unpaired) electrons. The summed E-state index contributed by atoms with van der Waals surface area (Å²) in [6, 6.07) is 0.346. The number of hydrogen-bond acceptors (Lipinski definition) is 2. The Morgan fingerprint density at radius 2 is 1.82 bits per heavy atom. The highest BCUT2D eigenvalue weighted by Crippen LogP contribution is 1.89. The van der Waals surface area contributed by atoms with E-state index in [1.54, 1.807) is 0 Å². The molecule has 0 aliphatic rings. The molecule has 0 bridgehead atoms. The summed E-state index contributed by atoms with van der Waals surface area (Å²) in [5.74, 6) is 0. The van der Waals surface area contributed by atoms with Crippen LogP contribution in [0.4, 0.5) is 0 Å². The van der Waals surface area contributed by atoms with Gasteiger partial charge in [-0.1, -0.05) is 20.8 Å². The van der Waals surface area contributed by atoms with E-state index in [9.17, 15) is 0 Å². The summed E-state index contributed by atoms with van der Waals surface area (Å²) in [5, 5.41) is 0. The first kappa shape index (κ1) is 13.5. The van der Waals surface area contributed by atoms with E-state index in [0.717, 1.165) is 19.5 Å². The van der Waals surface area contributed by atoms with Crippen molar-refractivity contribution in [2.24, 2.45) is 5.73 Å². The molecule has 0 aliphatic carbocycles. The van der Waals surface area contributed by atoms with Gasteiger partial charge >= 0.3 is 0 Å². The maximum Gasteiger partial charge on any atom is 0.00226 e. The first-order valence-electron chi connectivity index (χ1n) is 4.61. The van der Waals surface area contributed by atoms with Crippen molar-refractivity contribution in [2.75, 3.05) is 20.1 Å². The average molecular weight is 160 g/mol. The fourth-order valence-electron chi connectivity index (χ4n) is 0.582. The summed E-state index contributed by atoms with van der Waals surface area (Å²) in [4.78, 5) is 2.27. The van der Waals surface area contributed by atoms with E-state index >= 15 is 0 Å². The van der Waals surface area contributed by atoms with Crippen molar-refractivity contribution in [2.45, 2.75) is 40.2 Å². The third-order valence-corrected chi connectivity index (χ3v) is 1.51. The lowest BCUT2D eigenvalue weighted by Gasteiger charge is -2.14. The third-order valence-electron chi connectivity index (χ3n) is 1.51. The molecule has 0 fully saturated rings. The van der Waals surface area contributed by atoms with Crippen molar-refractivity contribution >= 4 is 0 Å². The smallest absolute Gasteiger partial charge is 0.00226 e. The van der Waals surface area contributed by atoms with E-state index in [4.69, 9.17) is 5.73 Å². The molecule has 1 unspecified atom stereocenters. The molecule has 0 aromatic heterocycles. The van der Waals surface area contributed by atoms with Crippen molar-refractivity contribution in [1.29, 1.82) is 0 Å². The second-order valence-corrected chi connectivity index (χ2v) is 2.66. The molecule has 0 aliphatic heterocycles. The fraction of sp³-hybridized carbons (Fsp3) is 1.00. The van der Waals surface area contributed by atoms with Crippen LogP contribution in [0.1, 0.15) is 34.1 Å². The molecule has 2 N–H and O–H groups in total. The second-order valence-electron chi connectivity index (χ2n) is 2.66. The Morgan fingerprint density at radius 1 is 1.36 bits per heavy atom. The van der Waals surface area contributed by atoms with E-state index in [1.165, 1.54) is 0 Å². The zero-order valence-corrected chi connectivity index (χ0v) is 8.72. The van der Waals surface area contributed by atoms with Gasteiger partial charge in [-0.2, -0.15) is 0 Å². The minimum absolute atomic E-state index is 0.346. The van der Waals surface area contributed by atoms with Gasteiger partial charge in [0.1, 0.15) is 0 Å². The standard InChI is InChI=1S/C7H18N2.C2H6/c1-4-9(3)6-5-7(2)8;1-2/h7H,4-6,8H2,1-3H3;1-2H3. The van der Waals surface area contributed by atoms with Gasteiger partial charge in [0.25, 0.3) is 0 Å². The number of nitrogens with two attached hydrogens (primary N) is 1. The minimum atomic E-state index is 0.346. The van der Waals surface area contributed by atoms with Gasteiger partial charge in [-0.05, 0) is 33.5 Å². The maximum atomic E-state index is 5.57. The Balaban J connectivity index is 0. The van der Waals surface area contributed by atoms with Crippen LogP contribution in [0, 0.1) is 0 Å². The third kappa shape index (κ3) is 13.0. The van der Waals surface area contributed by atoms with Gasteiger partial charge in [0.05, 0.1) is 0 Å². The Morgan fingerprint density at radius 3 is 2.09 bits per heavy atom. The van der Waals surface area contributed by atoms with Crippen molar-refractivity contribution < 1.29 is 0 Å². The van der Waals surface area contributed by atoms with Crippen LogP contribution < -0.4 is 5.73 Å². The monoisotopic (exact) mass is 160 g/mol. The van der Waals surface area contributed by atoms with Crippen molar-refractivity contribution in [3.63, 3.8) is 0 Å². The van der Waals surface area contributed by atoms with Crippen LogP contribution in [-0.4, -0.2) is 31.1 Å². The first-order chi connectivity index (χ1) is 5.16. The SMILES string of the molecule is CC.CCN(C)CCC(C)N. The van der Waals surface area contributed by atoms with Gasteiger partial charge in [-0.3, -0.25) is 0 Å². The molecular weight excluding hydrogens is 136 g/mol. The van der Waals surface area contributed by atoms with Crippen molar-refractivity contribution in [3.05, 3.63) is 0 Å².